The van der Waals surface area contributed by atoms with Gasteiger partial charge in [0.25, 0.3) is 5.91 Å². The molecule has 234 valence electrons. The Morgan fingerprint density at radius 1 is 0.932 bits per heavy atom. The normalized spacial score (nSPS) is 13.3. The molecule has 10 nitrogen and oxygen atoms in total. The maximum Gasteiger partial charge on any atom is 0.412 e. The Bertz CT molecular complexity index is 1420. The summed E-state index contributed by atoms with van der Waals surface area (Å²) in [5.74, 6) is -0.890. The minimum atomic E-state index is -0.669. The Morgan fingerprint density at radius 3 is 2.32 bits per heavy atom. The molecule has 0 unspecified atom stereocenters. The van der Waals surface area contributed by atoms with E-state index in [9.17, 15) is 18.8 Å². The van der Waals surface area contributed by atoms with E-state index >= 15 is 0 Å². The van der Waals surface area contributed by atoms with E-state index in [-0.39, 0.29) is 18.3 Å². The van der Waals surface area contributed by atoms with Gasteiger partial charge in [0.1, 0.15) is 17.1 Å². The van der Waals surface area contributed by atoms with Gasteiger partial charge in [-0.3, -0.25) is 15.1 Å². The highest BCUT2D eigenvalue weighted by Crippen LogP contribution is 2.23. The van der Waals surface area contributed by atoms with Crippen LogP contribution in [0.3, 0.4) is 0 Å². The molecule has 11 heteroatoms. The van der Waals surface area contributed by atoms with Gasteiger partial charge in [-0.15, -0.1) is 0 Å². The number of benzene rings is 2. The SMILES string of the molecule is CC(C)(C)OC(=O)Nc1ccccc1NC(=O)c1ccc(CN(CCCCN2CCCC2)C(=O)Nc2cccc(F)c2)cn1. The molecule has 0 bridgehead atoms. The number of hydrogen-bond donors (Lipinski definition) is 3. The van der Waals surface area contributed by atoms with Crippen LogP contribution in [0.5, 0.6) is 0 Å². The number of nitrogens with one attached hydrogen (secondary N) is 3. The largest absolute Gasteiger partial charge is 0.444 e. The molecule has 1 aliphatic heterocycles. The van der Waals surface area contributed by atoms with Gasteiger partial charge in [0.2, 0.25) is 0 Å². The van der Waals surface area contributed by atoms with Gasteiger partial charge in [0.15, 0.2) is 0 Å². The van der Waals surface area contributed by atoms with Crippen LogP contribution in [0.4, 0.5) is 31.0 Å². The molecule has 3 aromatic rings. The van der Waals surface area contributed by atoms with Gasteiger partial charge in [-0.1, -0.05) is 24.3 Å². The van der Waals surface area contributed by atoms with Crippen molar-refractivity contribution in [3.63, 3.8) is 0 Å². The topological polar surface area (TPSA) is 116 Å². The number of amides is 4. The summed E-state index contributed by atoms with van der Waals surface area (Å²) < 4.78 is 19.0. The molecule has 3 N–H and O–H groups in total. The average molecular weight is 605 g/mol. The van der Waals surface area contributed by atoms with Crippen LogP contribution in [-0.4, -0.2) is 64.6 Å². The van der Waals surface area contributed by atoms with E-state index in [1.165, 1.54) is 25.0 Å². The highest BCUT2D eigenvalue weighted by Gasteiger charge is 2.19. The van der Waals surface area contributed by atoms with Crippen molar-refractivity contribution >= 4 is 35.1 Å². The van der Waals surface area contributed by atoms with Crippen LogP contribution in [0, 0.1) is 5.82 Å². The third-order valence-corrected chi connectivity index (χ3v) is 6.96. The van der Waals surface area contributed by atoms with Gasteiger partial charge >= 0.3 is 12.1 Å². The molecule has 0 saturated carbocycles. The zero-order chi connectivity index (χ0) is 31.5. The quantitative estimate of drug-likeness (QED) is 0.209. The second kappa shape index (κ2) is 15.3. The summed E-state index contributed by atoms with van der Waals surface area (Å²) in [7, 11) is 0. The summed E-state index contributed by atoms with van der Waals surface area (Å²) >= 11 is 0. The van der Waals surface area contributed by atoms with E-state index in [0.717, 1.165) is 38.0 Å². The van der Waals surface area contributed by atoms with Gasteiger partial charge < -0.3 is 25.2 Å². The number of unbranched alkanes of at least 4 members (excludes halogenated alkanes) is 1. The first-order valence-electron chi connectivity index (χ1n) is 14.9. The Hall–Kier alpha value is -4.51. The van der Waals surface area contributed by atoms with Crippen LogP contribution in [0.1, 0.15) is 62.5 Å². The Kier molecular flexibility index (Phi) is 11.3. The van der Waals surface area contributed by atoms with Gasteiger partial charge in [-0.25, -0.2) is 14.0 Å². The number of aromatic nitrogens is 1. The molecule has 4 amide bonds. The molecule has 2 aromatic carbocycles. The first-order chi connectivity index (χ1) is 21.1. The van der Waals surface area contributed by atoms with Crippen molar-refractivity contribution in [3.8, 4) is 0 Å². The monoisotopic (exact) mass is 604 g/mol. The second-order valence-electron chi connectivity index (χ2n) is 11.8. The molecule has 2 heterocycles. The third kappa shape index (κ3) is 10.3. The molecular weight excluding hydrogens is 563 g/mol. The van der Waals surface area contributed by atoms with Crippen LogP contribution in [0.25, 0.3) is 0 Å². The Labute approximate surface area is 258 Å². The molecule has 0 atom stereocenters. The number of halogens is 1. The van der Waals surface area contributed by atoms with E-state index in [1.807, 2.05) is 0 Å². The molecule has 1 saturated heterocycles. The first-order valence-corrected chi connectivity index (χ1v) is 14.9. The lowest BCUT2D eigenvalue weighted by molar-refractivity contribution is 0.0635. The van der Waals surface area contributed by atoms with Crippen molar-refractivity contribution in [1.82, 2.24) is 14.8 Å². The van der Waals surface area contributed by atoms with Gasteiger partial charge in [0, 0.05) is 25.0 Å². The lowest BCUT2D eigenvalue weighted by Gasteiger charge is -2.24. The van der Waals surface area contributed by atoms with E-state index in [1.54, 1.807) is 80.4 Å². The standard InChI is InChI=1S/C33H41FN6O4/c1-33(2,3)44-32(43)38-28-14-5-4-13-27(28)37-30(41)29-16-15-24(22-35-29)23-40(20-9-8-19-39-17-6-7-18-39)31(42)36-26-12-10-11-25(34)21-26/h4-5,10-16,21-22H,6-9,17-20,23H2,1-3H3,(H,36,42)(H,37,41)(H,38,43). The number of anilines is 3. The number of urea groups is 1. The van der Waals surface area contributed by atoms with Crippen LogP contribution in [-0.2, 0) is 11.3 Å². The predicted molar refractivity (Wildman–Crippen MR) is 169 cm³/mol. The number of para-hydroxylation sites is 2. The minimum absolute atomic E-state index is 0.169. The number of hydrogen-bond acceptors (Lipinski definition) is 6. The summed E-state index contributed by atoms with van der Waals surface area (Å²) in [6.45, 7) is 9.33. The molecule has 0 spiro atoms. The number of rotatable bonds is 11. The zero-order valence-electron chi connectivity index (χ0n) is 25.6. The van der Waals surface area contributed by atoms with Crippen LogP contribution in [0.2, 0.25) is 0 Å². The van der Waals surface area contributed by atoms with Crippen LogP contribution >= 0.6 is 0 Å². The third-order valence-electron chi connectivity index (χ3n) is 6.96. The number of carbonyl (C=O) groups excluding carboxylic acids is 3. The van der Waals surface area contributed by atoms with Crippen molar-refractivity contribution < 1.29 is 23.5 Å². The number of ether oxygens (including phenoxy) is 1. The number of likely N-dealkylation sites (tertiary alicyclic amines) is 1. The van der Waals surface area contributed by atoms with Crippen molar-refractivity contribution in [2.24, 2.45) is 0 Å². The Balaban J connectivity index is 1.38. The maximum atomic E-state index is 13.7. The fourth-order valence-electron chi connectivity index (χ4n) is 4.84. The minimum Gasteiger partial charge on any atom is -0.444 e. The van der Waals surface area contributed by atoms with E-state index in [0.29, 0.717) is 23.6 Å². The fraction of sp³-hybridized carbons (Fsp3) is 0.394. The summed E-state index contributed by atoms with van der Waals surface area (Å²) in [5, 5.41) is 8.23. The number of nitrogens with zero attached hydrogens (tertiary/aromatic N) is 3. The van der Waals surface area contributed by atoms with Crippen LogP contribution < -0.4 is 16.0 Å². The van der Waals surface area contributed by atoms with E-state index < -0.39 is 23.4 Å². The highest BCUT2D eigenvalue weighted by molar-refractivity contribution is 6.05. The maximum absolute atomic E-state index is 13.7. The summed E-state index contributed by atoms with van der Waals surface area (Å²) in [4.78, 5) is 46.9. The molecular formula is C33H41FN6O4. The molecule has 44 heavy (non-hydrogen) atoms. The lowest BCUT2D eigenvalue weighted by atomic mass is 10.2. The first kappa shape index (κ1) is 32.4. The van der Waals surface area contributed by atoms with Gasteiger partial charge in [-0.2, -0.15) is 0 Å². The summed E-state index contributed by atoms with van der Waals surface area (Å²) in [5.41, 5.74) is 1.39. The van der Waals surface area contributed by atoms with Crippen LogP contribution in [0.15, 0.2) is 66.9 Å². The summed E-state index contributed by atoms with van der Waals surface area (Å²) in [6, 6.07) is 15.6. The van der Waals surface area contributed by atoms with E-state index in [4.69, 9.17) is 4.74 Å². The second-order valence-corrected chi connectivity index (χ2v) is 11.8. The van der Waals surface area contributed by atoms with Crippen molar-refractivity contribution in [1.29, 1.82) is 0 Å². The zero-order valence-corrected chi connectivity index (χ0v) is 25.6. The Morgan fingerprint density at radius 2 is 1.66 bits per heavy atom. The average Bonchev–Trinajstić information content (AvgIpc) is 3.49. The van der Waals surface area contributed by atoms with Crippen molar-refractivity contribution in [2.75, 3.05) is 42.1 Å². The highest BCUT2D eigenvalue weighted by atomic mass is 19.1. The predicted octanol–water partition coefficient (Wildman–Crippen LogP) is 6.73. The summed E-state index contributed by atoms with van der Waals surface area (Å²) in [6.07, 6.45) is 5.18. The number of pyridine rings is 1. The smallest absolute Gasteiger partial charge is 0.412 e. The van der Waals surface area contributed by atoms with Crippen molar-refractivity contribution in [3.05, 3.63) is 83.9 Å². The fourth-order valence-corrected chi connectivity index (χ4v) is 4.84. The molecule has 1 fully saturated rings. The van der Waals surface area contributed by atoms with Gasteiger partial charge in [0.05, 0.1) is 11.4 Å². The van der Waals surface area contributed by atoms with Crippen molar-refractivity contribution in [2.45, 2.75) is 58.6 Å². The van der Waals surface area contributed by atoms with E-state index in [2.05, 4.69) is 25.8 Å². The molecule has 1 aliphatic rings. The molecule has 1 aromatic heterocycles. The molecule has 4 rings (SSSR count). The van der Waals surface area contributed by atoms with Gasteiger partial charge in [-0.05, 0) is 108 Å². The molecule has 0 aliphatic carbocycles. The molecule has 0 radical (unpaired) electrons. The number of carbonyl (C=O) groups is 3. The lowest BCUT2D eigenvalue weighted by Crippen LogP contribution is -2.35.